The number of rotatable bonds is 6. The summed E-state index contributed by atoms with van der Waals surface area (Å²) in [6, 6.07) is 8.23. The second-order valence-electron chi connectivity index (χ2n) is 8.08. The van der Waals surface area contributed by atoms with Gasteiger partial charge in [-0.3, -0.25) is 9.20 Å². The number of fused-ring (bicyclic) bond motifs is 2. The van der Waals surface area contributed by atoms with Crippen LogP contribution in [-0.2, 0) is 4.79 Å². The molecule has 1 saturated carbocycles. The number of aromatic nitrogens is 3. The van der Waals surface area contributed by atoms with Crippen LogP contribution < -0.4 is 15.8 Å². The van der Waals surface area contributed by atoms with E-state index in [9.17, 15) is 4.79 Å². The minimum atomic E-state index is 0.361. The number of anilines is 1. The second kappa shape index (κ2) is 8.19. The Hall–Kier alpha value is -3.13. The number of hydrogen-bond acceptors (Lipinski definition) is 6. The molecule has 160 valence electrons. The number of nitrogen functional groups attached to an aromatic ring is 1. The van der Waals surface area contributed by atoms with Crippen molar-refractivity contribution in [1.82, 2.24) is 19.7 Å². The van der Waals surface area contributed by atoms with Gasteiger partial charge in [0.05, 0.1) is 16.7 Å². The maximum atomic E-state index is 10.6. The van der Waals surface area contributed by atoms with Crippen molar-refractivity contribution in [2.45, 2.75) is 31.6 Å². The molecule has 1 aromatic carbocycles. The third kappa shape index (κ3) is 3.50. The molecule has 0 unspecified atom stereocenters. The normalized spacial score (nSPS) is 19.0. The van der Waals surface area contributed by atoms with Crippen molar-refractivity contribution in [3.8, 4) is 16.3 Å². The van der Waals surface area contributed by atoms with E-state index < -0.39 is 0 Å². The Bertz CT molecular complexity index is 1240. The van der Waals surface area contributed by atoms with E-state index in [2.05, 4.69) is 26.8 Å². The molecule has 1 aliphatic carbocycles. The third-order valence-corrected chi connectivity index (χ3v) is 7.45. The molecule has 4 aromatic rings. The molecule has 8 heteroatoms. The monoisotopic (exact) mass is 435 g/mol. The van der Waals surface area contributed by atoms with Crippen LogP contribution in [0.2, 0.25) is 0 Å². The molecular formula is C23H25N5O2S. The van der Waals surface area contributed by atoms with Crippen LogP contribution in [0.5, 0.6) is 5.75 Å². The Labute approximate surface area is 184 Å². The van der Waals surface area contributed by atoms with E-state index in [4.69, 9.17) is 15.5 Å². The van der Waals surface area contributed by atoms with E-state index in [1.807, 2.05) is 18.3 Å². The van der Waals surface area contributed by atoms with E-state index in [0.29, 0.717) is 17.7 Å². The number of carbonyl (C=O) groups is 1. The molecule has 0 saturated heterocycles. The molecule has 0 radical (unpaired) electrons. The fraction of sp³-hybridized carbons (Fsp3) is 0.348. The number of nitrogens with zero attached hydrogens (tertiary/aromatic N) is 3. The van der Waals surface area contributed by atoms with Crippen LogP contribution in [0, 0.1) is 5.92 Å². The van der Waals surface area contributed by atoms with Gasteiger partial charge in [0.25, 0.3) is 0 Å². The summed E-state index contributed by atoms with van der Waals surface area (Å²) in [5.41, 5.74) is 8.08. The first-order valence-electron chi connectivity index (χ1n) is 10.6. The summed E-state index contributed by atoms with van der Waals surface area (Å²) in [6.45, 7) is 0.754. The Kier molecular flexibility index (Phi) is 5.23. The molecule has 7 nitrogen and oxygen atoms in total. The highest BCUT2D eigenvalue weighted by Crippen LogP contribution is 2.42. The molecule has 31 heavy (non-hydrogen) atoms. The van der Waals surface area contributed by atoms with Gasteiger partial charge in [-0.05, 0) is 49.1 Å². The number of methoxy groups -OCH3 is 1. The zero-order chi connectivity index (χ0) is 21.4. The largest absolute Gasteiger partial charge is 0.495 e. The summed E-state index contributed by atoms with van der Waals surface area (Å²) in [5.74, 6) is 3.30. The first kappa shape index (κ1) is 19.8. The summed E-state index contributed by atoms with van der Waals surface area (Å²) in [7, 11) is 1.70. The number of imidazole rings is 1. The molecule has 5 rings (SSSR count). The van der Waals surface area contributed by atoms with E-state index in [0.717, 1.165) is 76.4 Å². The Balaban J connectivity index is 1.56. The summed E-state index contributed by atoms with van der Waals surface area (Å²) >= 11 is 1.67. The fourth-order valence-corrected chi connectivity index (χ4v) is 5.84. The lowest BCUT2D eigenvalue weighted by Crippen LogP contribution is -2.25. The van der Waals surface area contributed by atoms with Crippen LogP contribution in [0.3, 0.4) is 0 Å². The third-order valence-electron chi connectivity index (χ3n) is 6.27. The number of nitrogens with two attached hydrogens (primary N) is 1. The number of amides is 1. The van der Waals surface area contributed by atoms with Gasteiger partial charge in [-0.25, -0.2) is 9.97 Å². The second-order valence-corrected chi connectivity index (χ2v) is 9.13. The van der Waals surface area contributed by atoms with Crippen LogP contribution in [-0.4, -0.2) is 34.4 Å². The maximum absolute atomic E-state index is 10.6. The molecular weight excluding hydrogens is 410 g/mol. The number of benzene rings is 1. The Morgan fingerprint density at radius 3 is 2.94 bits per heavy atom. The van der Waals surface area contributed by atoms with Crippen molar-refractivity contribution in [2.75, 3.05) is 19.4 Å². The lowest BCUT2D eigenvalue weighted by Gasteiger charge is -2.27. The van der Waals surface area contributed by atoms with Gasteiger partial charge in [0, 0.05) is 24.9 Å². The smallest absolute Gasteiger partial charge is 0.207 e. The molecule has 0 bridgehead atoms. The molecule has 0 aliphatic heterocycles. The molecule has 0 spiro atoms. The van der Waals surface area contributed by atoms with Crippen molar-refractivity contribution < 1.29 is 9.53 Å². The first-order valence-corrected chi connectivity index (χ1v) is 11.4. The highest BCUT2D eigenvalue weighted by molar-refractivity contribution is 7.22. The van der Waals surface area contributed by atoms with Crippen LogP contribution >= 0.6 is 11.3 Å². The molecule has 3 N–H and O–H groups in total. The maximum Gasteiger partial charge on any atom is 0.207 e. The Morgan fingerprint density at radius 2 is 2.16 bits per heavy atom. The average molecular weight is 436 g/mol. The van der Waals surface area contributed by atoms with Gasteiger partial charge in [0.15, 0.2) is 0 Å². The van der Waals surface area contributed by atoms with Gasteiger partial charge >= 0.3 is 0 Å². The average Bonchev–Trinajstić information content (AvgIpc) is 3.40. The van der Waals surface area contributed by atoms with E-state index >= 15 is 0 Å². The molecule has 0 atom stereocenters. The van der Waals surface area contributed by atoms with Crippen molar-refractivity contribution in [3.63, 3.8) is 0 Å². The number of hydrogen-bond donors (Lipinski definition) is 2. The van der Waals surface area contributed by atoms with Crippen molar-refractivity contribution in [1.29, 1.82) is 0 Å². The zero-order valence-electron chi connectivity index (χ0n) is 17.4. The number of ether oxygens (including phenoxy) is 1. The van der Waals surface area contributed by atoms with Crippen LogP contribution in [0.25, 0.3) is 26.2 Å². The van der Waals surface area contributed by atoms with Gasteiger partial charge in [-0.2, -0.15) is 0 Å². The first-order chi connectivity index (χ1) is 15.2. The number of carbonyl (C=O) groups excluding carboxylic acids is 1. The predicted octanol–water partition coefficient (Wildman–Crippen LogP) is 4.22. The van der Waals surface area contributed by atoms with E-state index in [-0.39, 0.29) is 0 Å². The minimum absolute atomic E-state index is 0.361. The summed E-state index contributed by atoms with van der Waals surface area (Å²) in [4.78, 5) is 21.1. The highest BCUT2D eigenvalue weighted by atomic mass is 32.1. The van der Waals surface area contributed by atoms with Gasteiger partial charge in [0.1, 0.15) is 28.6 Å². The molecule has 1 aliphatic rings. The summed E-state index contributed by atoms with van der Waals surface area (Å²) in [5, 5.41) is 3.95. The molecule has 1 amide bonds. The zero-order valence-corrected chi connectivity index (χ0v) is 18.2. The predicted molar refractivity (Wildman–Crippen MR) is 124 cm³/mol. The fourth-order valence-electron chi connectivity index (χ4n) is 4.70. The van der Waals surface area contributed by atoms with Gasteiger partial charge in [-0.15, -0.1) is 11.3 Å². The minimum Gasteiger partial charge on any atom is -0.495 e. The molecule has 3 aromatic heterocycles. The quantitative estimate of drug-likeness (QED) is 0.442. The van der Waals surface area contributed by atoms with Gasteiger partial charge < -0.3 is 15.8 Å². The van der Waals surface area contributed by atoms with E-state index in [1.165, 1.54) is 0 Å². The van der Waals surface area contributed by atoms with Crippen molar-refractivity contribution >= 4 is 39.2 Å². The Morgan fingerprint density at radius 1 is 1.32 bits per heavy atom. The standard InChI is InChI=1S/C23H25N5O2S/c1-30-17-4-2-3-16-11-18(31-21(16)17)19-20-22(24)26-9-10-28(20)23(27-19)15-7-5-14(6-8-15)12-25-13-29/h2-4,9-11,13-15H,5-8,12H2,1H3,(H2,24,26)(H,25,29). The lowest BCUT2D eigenvalue weighted by molar-refractivity contribution is -0.109. The summed E-state index contributed by atoms with van der Waals surface area (Å²) in [6.07, 6.45) is 8.75. The van der Waals surface area contributed by atoms with Crippen LogP contribution in [0.15, 0.2) is 36.7 Å². The highest BCUT2D eigenvalue weighted by Gasteiger charge is 2.28. The molecule has 1 fully saturated rings. The SMILES string of the molecule is COc1cccc2cc(-c3nc(C4CCC(CNC=O)CC4)n4ccnc(N)c34)sc12. The number of thiophene rings is 1. The lowest BCUT2D eigenvalue weighted by atomic mass is 9.81. The van der Waals surface area contributed by atoms with Crippen LogP contribution in [0.4, 0.5) is 5.82 Å². The van der Waals surface area contributed by atoms with E-state index in [1.54, 1.807) is 24.6 Å². The number of nitrogens with one attached hydrogen (secondary N) is 1. The van der Waals surface area contributed by atoms with Gasteiger partial charge in [-0.1, -0.05) is 12.1 Å². The topological polar surface area (TPSA) is 94.5 Å². The van der Waals surface area contributed by atoms with Crippen molar-refractivity contribution in [3.05, 3.63) is 42.5 Å². The molecule has 3 heterocycles. The van der Waals surface area contributed by atoms with Crippen LogP contribution in [0.1, 0.15) is 37.4 Å². The van der Waals surface area contributed by atoms with Crippen molar-refractivity contribution in [2.24, 2.45) is 5.92 Å². The summed E-state index contributed by atoms with van der Waals surface area (Å²) < 4.78 is 8.77. The van der Waals surface area contributed by atoms with Gasteiger partial charge in [0.2, 0.25) is 6.41 Å².